The van der Waals surface area contributed by atoms with Crippen LogP contribution >= 0.6 is 0 Å². The van der Waals surface area contributed by atoms with Gasteiger partial charge in [-0.05, 0) is 58.7 Å². The van der Waals surface area contributed by atoms with Crippen molar-refractivity contribution in [2.45, 2.75) is 19.5 Å². The molecule has 0 aliphatic heterocycles. The summed E-state index contributed by atoms with van der Waals surface area (Å²) in [6, 6.07) is 28.1. The van der Waals surface area contributed by atoms with Crippen LogP contribution in [0.3, 0.4) is 0 Å². The predicted octanol–water partition coefficient (Wildman–Crippen LogP) is 6.25. The molecular weight excluding hydrogens is 394 g/mol. The molecule has 5 rings (SSSR count). The van der Waals surface area contributed by atoms with E-state index in [0.717, 1.165) is 34.3 Å². The van der Waals surface area contributed by atoms with E-state index in [-0.39, 0.29) is 6.04 Å². The molecule has 0 spiro atoms. The van der Waals surface area contributed by atoms with E-state index in [1.165, 1.54) is 21.9 Å². The van der Waals surface area contributed by atoms with Crippen LogP contribution in [-0.4, -0.2) is 16.9 Å². The summed E-state index contributed by atoms with van der Waals surface area (Å²) in [5.74, 6) is 0.874. The molecule has 4 aromatic carbocycles. The van der Waals surface area contributed by atoms with Gasteiger partial charge in [0, 0.05) is 36.8 Å². The summed E-state index contributed by atoms with van der Waals surface area (Å²) in [6.07, 6.45) is 2.04. The highest BCUT2D eigenvalue weighted by atomic mass is 16.5. The zero-order chi connectivity index (χ0) is 22.1. The van der Waals surface area contributed by atoms with Gasteiger partial charge in [-0.15, -0.1) is 0 Å². The highest BCUT2D eigenvalue weighted by Gasteiger charge is 2.12. The molecule has 0 amide bonds. The van der Waals surface area contributed by atoms with E-state index < -0.39 is 0 Å². The second-order valence-electron chi connectivity index (χ2n) is 8.28. The maximum atomic E-state index is 5.67. The molecule has 0 aliphatic rings. The summed E-state index contributed by atoms with van der Waals surface area (Å²) in [5, 5.41) is 11.9. The zero-order valence-electron chi connectivity index (χ0n) is 18.7. The van der Waals surface area contributed by atoms with Gasteiger partial charge in [-0.3, -0.25) is 4.68 Å². The van der Waals surface area contributed by atoms with Crippen molar-refractivity contribution in [2.24, 2.45) is 7.05 Å². The molecule has 0 aliphatic carbocycles. The summed E-state index contributed by atoms with van der Waals surface area (Å²) >= 11 is 0. The normalized spacial score (nSPS) is 12.3. The Kier molecular flexibility index (Phi) is 5.38. The Morgan fingerprint density at radius 3 is 2.66 bits per heavy atom. The van der Waals surface area contributed by atoms with Crippen LogP contribution in [0, 0.1) is 0 Å². The number of fused-ring (bicyclic) bond motifs is 2. The SMILES string of the molecule is COc1ccc(CN[C@H](C)c2cccc3ccccc23)cc1-c1ccc2nn(C)cc2c1. The first-order valence-electron chi connectivity index (χ1n) is 10.9. The molecule has 32 heavy (non-hydrogen) atoms. The fraction of sp³-hybridized carbons (Fsp3) is 0.179. The molecule has 160 valence electrons. The van der Waals surface area contributed by atoms with Crippen LogP contribution in [-0.2, 0) is 13.6 Å². The Morgan fingerprint density at radius 2 is 1.78 bits per heavy atom. The maximum absolute atomic E-state index is 5.67. The van der Waals surface area contributed by atoms with Crippen LogP contribution in [0.1, 0.15) is 24.1 Å². The Bertz CT molecular complexity index is 1400. The van der Waals surface area contributed by atoms with E-state index in [4.69, 9.17) is 4.74 Å². The molecule has 0 bridgehead atoms. The first-order valence-corrected chi connectivity index (χ1v) is 10.9. The van der Waals surface area contributed by atoms with Gasteiger partial charge in [0.1, 0.15) is 5.75 Å². The van der Waals surface area contributed by atoms with Gasteiger partial charge in [0.25, 0.3) is 0 Å². The number of rotatable bonds is 6. The number of aryl methyl sites for hydroxylation is 1. The summed E-state index contributed by atoms with van der Waals surface area (Å²) < 4.78 is 7.52. The lowest BCUT2D eigenvalue weighted by Gasteiger charge is -2.18. The lowest BCUT2D eigenvalue weighted by Crippen LogP contribution is -2.18. The molecule has 0 saturated carbocycles. The monoisotopic (exact) mass is 421 g/mol. The van der Waals surface area contributed by atoms with Crippen molar-refractivity contribution in [1.29, 1.82) is 0 Å². The Morgan fingerprint density at radius 1 is 0.938 bits per heavy atom. The topological polar surface area (TPSA) is 39.1 Å². The van der Waals surface area contributed by atoms with Crippen molar-refractivity contribution in [3.63, 3.8) is 0 Å². The summed E-state index contributed by atoms with van der Waals surface area (Å²) in [4.78, 5) is 0. The maximum Gasteiger partial charge on any atom is 0.126 e. The molecular formula is C28H27N3O. The molecule has 1 N–H and O–H groups in total. The number of ether oxygens (including phenoxy) is 1. The van der Waals surface area contributed by atoms with Crippen LogP contribution in [0.15, 0.2) is 85.1 Å². The van der Waals surface area contributed by atoms with Crippen molar-refractivity contribution >= 4 is 21.7 Å². The van der Waals surface area contributed by atoms with Gasteiger partial charge < -0.3 is 10.1 Å². The van der Waals surface area contributed by atoms with Crippen LogP contribution in [0.2, 0.25) is 0 Å². The van der Waals surface area contributed by atoms with Crippen LogP contribution < -0.4 is 10.1 Å². The minimum Gasteiger partial charge on any atom is -0.496 e. The smallest absolute Gasteiger partial charge is 0.126 e. The molecule has 1 heterocycles. The summed E-state index contributed by atoms with van der Waals surface area (Å²) in [7, 11) is 3.67. The molecule has 4 heteroatoms. The van der Waals surface area contributed by atoms with Crippen molar-refractivity contribution in [3.05, 3.63) is 96.2 Å². The predicted molar refractivity (Wildman–Crippen MR) is 132 cm³/mol. The number of nitrogens with zero attached hydrogens (tertiary/aromatic N) is 2. The average molecular weight is 422 g/mol. The van der Waals surface area contributed by atoms with Gasteiger partial charge in [-0.2, -0.15) is 5.10 Å². The highest BCUT2D eigenvalue weighted by Crippen LogP contribution is 2.33. The molecule has 0 unspecified atom stereocenters. The first-order chi connectivity index (χ1) is 15.6. The Balaban J connectivity index is 1.41. The van der Waals surface area contributed by atoms with Gasteiger partial charge in [-0.1, -0.05) is 54.6 Å². The summed E-state index contributed by atoms with van der Waals surface area (Å²) in [6.45, 7) is 3.00. The van der Waals surface area contributed by atoms with Crippen LogP contribution in [0.5, 0.6) is 5.75 Å². The molecule has 1 aromatic heterocycles. The number of nitrogens with one attached hydrogen (secondary N) is 1. The number of aromatic nitrogens is 2. The van der Waals surface area contributed by atoms with Gasteiger partial charge in [-0.25, -0.2) is 0 Å². The Hall–Kier alpha value is -3.63. The third-order valence-electron chi connectivity index (χ3n) is 6.10. The van der Waals surface area contributed by atoms with E-state index in [1.54, 1.807) is 7.11 Å². The van der Waals surface area contributed by atoms with E-state index in [9.17, 15) is 0 Å². The molecule has 0 fully saturated rings. The third-order valence-corrected chi connectivity index (χ3v) is 6.10. The van der Waals surface area contributed by atoms with E-state index in [0.29, 0.717) is 0 Å². The Labute approximate surface area is 188 Å². The van der Waals surface area contributed by atoms with Gasteiger partial charge in [0.15, 0.2) is 0 Å². The van der Waals surface area contributed by atoms with E-state index in [2.05, 4.69) is 96.2 Å². The number of methoxy groups -OCH3 is 1. The number of hydrogen-bond acceptors (Lipinski definition) is 3. The number of hydrogen-bond donors (Lipinski definition) is 1. The average Bonchev–Trinajstić information content (AvgIpc) is 3.21. The van der Waals surface area contributed by atoms with Crippen molar-refractivity contribution in [2.75, 3.05) is 7.11 Å². The van der Waals surface area contributed by atoms with Crippen LogP contribution in [0.4, 0.5) is 0 Å². The first kappa shape index (κ1) is 20.3. The molecule has 4 nitrogen and oxygen atoms in total. The number of benzene rings is 4. The van der Waals surface area contributed by atoms with Crippen LogP contribution in [0.25, 0.3) is 32.8 Å². The third kappa shape index (κ3) is 3.85. The van der Waals surface area contributed by atoms with E-state index >= 15 is 0 Å². The minimum absolute atomic E-state index is 0.235. The van der Waals surface area contributed by atoms with Gasteiger partial charge in [0.05, 0.1) is 12.6 Å². The van der Waals surface area contributed by atoms with Gasteiger partial charge >= 0.3 is 0 Å². The molecule has 0 radical (unpaired) electrons. The fourth-order valence-corrected chi connectivity index (χ4v) is 4.42. The van der Waals surface area contributed by atoms with E-state index in [1.807, 2.05) is 17.9 Å². The largest absolute Gasteiger partial charge is 0.496 e. The minimum atomic E-state index is 0.235. The lowest BCUT2D eigenvalue weighted by atomic mass is 9.98. The van der Waals surface area contributed by atoms with Crippen molar-refractivity contribution in [3.8, 4) is 16.9 Å². The van der Waals surface area contributed by atoms with Crippen molar-refractivity contribution in [1.82, 2.24) is 15.1 Å². The quantitative estimate of drug-likeness (QED) is 0.352. The van der Waals surface area contributed by atoms with Crippen molar-refractivity contribution < 1.29 is 4.74 Å². The molecule has 1 atom stereocenters. The van der Waals surface area contributed by atoms with Gasteiger partial charge in [0.2, 0.25) is 0 Å². The summed E-state index contributed by atoms with van der Waals surface area (Å²) in [5.41, 5.74) is 5.76. The second kappa shape index (κ2) is 8.48. The highest BCUT2D eigenvalue weighted by molar-refractivity contribution is 5.86. The lowest BCUT2D eigenvalue weighted by molar-refractivity contribution is 0.416. The zero-order valence-corrected chi connectivity index (χ0v) is 18.7. The molecule has 5 aromatic rings. The fourth-order valence-electron chi connectivity index (χ4n) is 4.42. The standard InChI is InChI=1S/C28H27N3O/c1-19(24-10-6-8-21-7-4-5-9-25(21)24)29-17-20-11-14-28(32-3)26(15-20)22-12-13-27-23(16-22)18-31(2)30-27/h4-16,18-19,29H,17H2,1-3H3/t19-/m1/s1. The molecule has 0 saturated heterocycles. The second-order valence-corrected chi connectivity index (χ2v) is 8.28.